The van der Waals surface area contributed by atoms with Crippen molar-refractivity contribution in [2.24, 2.45) is 5.92 Å². The van der Waals surface area contributed by atoms with Crippen LogP contribution < -0.4 is 5.32 Å². The number of hydrogen-bond acceptors (Lipinski definition) is 4. The van der Waals surface area contributed by atoms with Crippen molar-refractivity contribution in [3.8, 4) is 0 Å². The zero-order valence-electron chi connectivity index (χ0n) is 14.0. The maximum atomic E-state index is 13.8. The average Bonchev–Trinajstić information content (AvgIpc) is 2.57. The van der Waals surface area contributed by atoms with Crippen molar-refractivity contribution >= 4 is 5.97 Å². The van der Waals surface area contributed by atoms with Gasteiger partial charge in [-0.1, -0.05) is 6.07 Å². The third-order valence-electron chi connectivity index (χ3n) is 5.11. The third-order valence-corrected chi connectivity index (χ3v) is 5.11. The summed E-state index contributed by atoms with van der Waals surface area (Å²) >= 11 is 0. The molecule has 2 saturated heterocycles. The molecule has 6 heteroatoms. The van der Waals surface area contributed by atoms with E-state index < -0.39 is 11.8 Å². The molecule has 1 aromatic rings. The number of carbonyl (C=O) groups is 1. The van der Waals surface area contributed by atoms with Gasteiger partial charge >= 0.3 is 5.97 Å². The van der Waals surface area contributed by atoms with E-state index in [1.165, 1.54) is 31.5 Å². The number of piperazine rings is 1. The van der Waals surface area contributed by atoms with Gasteiger partial charge in [0.05, 0.1) is 5.56 Å². The number of benzene rings is 1. The first-order valence-corrected chi connectivity index (χ1v) is 8.79. The Morgan fingerprint density at radius 2 is 1.83 bits per heavy atom. The molecule has 0 aliphatic carbocycles. The fourth-order valence-corrected chi connectivity index (χ4v) is 3.65. The summed E-state index contributed by atoms with van der Waals surface area (Å²) in [5, 5.41) is 12.3. The van der Waals surface area contributed by atoms with E-state index in [0.29, 0.717) is 6.54 Å². The zero-order valence-corrected chi connectivity index (χ0v) is 14.0. The standard InChI is InChI=1S/C18H26FN3O2/c19-17-11-15(1-2-16(17)18(23)24)13-22-9-7-21(8-10-22)12-14-3-5-20-6-4-14/h1-2,11,14,20H,3-10,12-13H2,(H,23,24). The molecule has 0 aromatic heterocycles. The summed E-state index contributed by atoms with van der Waals surface area (Å²) in [5.74, 6) is -1.05. The van der Waals surface area contributed by atoms with E-state index in [2.05, 4.69) is 15.1 Å². The molecule has 5 nitrogen and oxygen atoms in total. The second-order valence-corrected chi connectivity index (χ2v) is 6.89. The monoisotopic (exact) mass is 335 g/mol. The number of aromatic carboxylic acids is 1. The number of carboxylic acid groups (broad SMARTS) is 1. The van der Waals surface area contributed by atoms with Crippen LogP contribution in [0.3, 0.4) is 0 Å². The topological polar surface area (TPSA) is 55.8 Å². The van der Waals surface area contributed by atoms with Crippen LogP contribution in [0.1, 0.15) is 28.8 Å². The Hall–Kier alpha value is -1.50. The summed E-state index contributed by atoms with van der Waals surface area (Å²) in [4.78, 5) is 15.7. The molecule has 2 aliphatic rings. The van der Waals surface area contributed by atoms with E-state index >= 15 is 0 Å². The second-order valence-electron chi connectivity index (χ2n) is 6.89. The van der Waals surface area contributed by atoms with Crippen molar-refractivity contribution in [2.45, 2.75) is 19.4 Å². The summed E-state index contributed by atoms with van der Waals surface area (Å²) in [5.41, 5.74) is 0.579. The van der Waals surface area contributed by atoms with Crippen LogP contribution in [0.2, 0.25) is 0 Å². The predicted octanol–water partition coefficient (Wildman–Crippen LogP) is 1.64. The molecule has 0 radical (unpaired) electrons. The van der Waals surface area contributed by atoms with Gasteiger partial charge in [0.15, 0.2) is 0 Å². The van der Waals surface area contributed by atoms with Crippen molar-refractivity contribution in [3.05, 3.63) is 35.1 Å². The van der Waals surface area contributed by atoms with Crippen LogP contribution in [0.4, 0.5) is 4.39 Å². The van der Waals surface area contributed by atoms with Crippen LogP contribution in [-0.2, 0) is 6.54 Å². The SMILES string of the molecule is O=C(O)c1ccc(CN2CCN(CC3CCNCC3)CC2)cc1F. The zero-order chi connectivity index (χ0) is 16.9. The van der Waals surface area contributed by atoms with Crippen LogP contribution in [-0.4, -0.2) is 66.7 Å². The molecular weight excluding hydrogens is 309 g/mol. The minimum absolute atomic E-state index is 0.259. The normalized spacial score (nSPS) is 21.0. The summed E-state index contributed by atoms with van der Waals surface area (Å²) < 4.78 is 13.8. The average molecular weight is 335 g/mol. The lowest BCUT2D eigenvalue weighted by atomic mass is 9.97. The Labute approximate surface area is 142 Å². The largest absolute Gasteiger partial charge is 0.478 e. The number of nitrogens with one attached hydrogen (secondary N) is 1. The third kappa shape index (κ3) is 4.53. The molecule has 2 N–H and O–H groups in total. The van der Waals surface area contributed by atoms with Crippen LogP contribution in [0.25, 0.3) is 0 Å². The molecule has 0 unspecified atom stereocenters. The quantitative estimate of drug-likeness (QED) is 0.857. The first-order valence-electron chi connectivity index (χ1n) is 8.79. The second kappa shape index (κ2) is 8.05. The Morgan fingerprint density at radius 3 is 2.46 bits per heavy atom. The molecule has 0 spiro atoms. The van der Waals surface area contributed by atoms with Gasteiger partial charge in [-0.05, 0) is 49.5 Å². The van der Waals surface area contributed by atoms with Crippen molar-refractivity contribution < 1.29 is 14.3 Å². The van der Waals surface area contributed by atoms with Gasteiger partial charge in [0, 0.05) is 39.3 Å². The fraction of sp³-hybridized carbons (Fsp3) is 0.611. The lowest BCUT2D eigenvalue weighted by molar-refractivity contribution is 0.0691. The molecule has 0 amide bonds. The summed E-state index contributed by atoms with van der Waals surface area (Å²) in [6.07, 6.45) is 2.55. The van der Waals surface area contributed by atoms with Crippen LogP contribution in [0.5, 0.6) is 0 Å². The maximum absolute atomic E-state index is 13.8. The Kier molecular flexibility index (Phi) is 5.81. The molecule has 132 valence electrons. The van der Waals surface area contributed by atoms with Gasteiger partial charge in [0.25, 0.3) is 0 Å². The maximum Gasteiger partial charge on any atom is 0.338 e. The smallest absolute Gasteiger partial charge is 0.338 e. The molecule has 24 heavy (non-hydrogen) atoms. The van der Waals surface area contributed by atoms with Crippen molar-refractivity contribution in [1.29, 1.82) is 0 Å². The highest BCUT2D eigenvalue weighted by atomic mass is 19.1. The van der Waals surface area contributed by atoms with E-state index in [9.17, 15) is 9.18 Å². The predicted molar refractivity (Wildman–Crippen MR) is 90.7 cm³/mol. The van der Waals surface area contributed by atoms with Gasteiger partial charge < -0.3 is 15.3 Å². The first-order chi connectivity index (χ1) is 11.6. The van der Waals surface area contributed by atoms with Crippen molar-refractivity contribution in [2.75, 3.05) is 45.8 Å². The van der Waals surface area contributed by atoms with Gasteiger partial charge in [-0.25, -0.2) is 9.18 Å². The van der Waals surface area contributed by atoms with E-state index in [1.54, 1.807) is 6.07 Å². The Balaban J connectivity index is 1.46. The molecule has 2 fully saturated rings. The number of nitrogens with zero attached hydrogens (tertiary/aromatic N) is 2. The van der Waals surface area contributed by atoms with Gasteiger partial charge in [0.1, 0.15) is 5.82 Å². The first kappa shape index (κ1) is 17.3. The fourth-order valence-electron chi connectivity index (χ4n) is 3.65. The summed E-state index contributed by atoms with van der Waals surface area (Å²) in [6.45, 7) is 8.22. The molecule has 0 bridgehead atoms. The highest BCUT2D eigenvalue weighted by Crippen LogP contribution is 2.17. The van der Waals surface area contributed by atoms with E-state index in [4.69, 9.17) is 5.11 Å². The van der Waals surface area contributed by atoms with E-state index in [1.807, 2.05) is 0 Å². The van der Waals surface area contributed by atoms with Crippen LogP contribution in [0, 0.1) is 11.7 Å². The van der Waals surface area contributed by atoms with E-state index in [0.717, 1.165) is 50.7 Å². The van der Waals surface area contributed by atoms with Gasteiger partial charge in [-0.15, -0.1) is 0 Å². The number of piperidine rings is 1. The number of hydrogen-bond donors (Lipinski definition) is 2. The molecular formula is C18H26FN3O2. The lowest BCUT2D eigenvalue weighted by Gasteiger charge is -2.37. The molecule has 0 saturated carbocycles. The summed E-state index contributed by atoms with van der Waals surface area (Å²) in [7, 11) is 0. The number of halogens is 1. The van der Waals surface area contributed by atoms with Crippen LogP contribution >= 0.6 is 0 Å². The molecule has 2 aliphatic heterocycles. The molecule has 1 aromatic carbocycles. The Bertz CT molecular complexity index is 567. The lowest BCUT2D eigenvalue weighted by Crippen LogP contribution is -2.48. The highest BCUT2D eigenvalue weighted by Gasteiger charge is 2.21. The van der Waals surface area contributed by atoms with Gasteiger partial charge in [-0.3, -0.25) is 4.90 Å². The summed E-state index contributed by atoms with van der Waals surface area (Å²) in [6, 6.07) is 4.43. The minimum atomic E-state index is -1.22. The van der Waals surface area contributed by atoms with Crippen molar-refractivity contribution in [1.82, 2.24) is 15.1 Å². The Morgan fingerprint density at radius 1 is 1.17 bits per heavy atom. The molecule has 0 atom stereocenters. The molecule has 3 rings (SSSR count). The number of rotatable bonds is 5. The minimum Gasteiger partial charge on any atom is -0.478 e. The van der Waals surface area contributed by atoms with Crippen LogP contribution in [0.15, 0.2) is 18.2 Å². The number of carboxylic acids is 1. The van der Waals surface area contributed by atoms with Gasteiger partial charge in [0.2, 0.25) is 0 Å². The van der Waals surface area contributed by atoms with E-state index in [-0.39, 0.29) is 5.56 Å². The van der Waals surface area contributed by atoms with Gasteiger partial charge in [-0.2, -0.15) is 0 Å². The highest BCUT2D eigenvalue weighted by molar-refractivity contribution is 5.87. The van der Waals surface area contributed by atoms with Crippen molar-refractivity contribution in [3.63, 3.8) is 0 Å². The molecule has 2 heterocycles.